The van der Waals surface area contributed by atoms with Crippen molar-refractivity contribution in [3.05, 3.63) is 47.7 Å². The zero-order valence-corrected chi connectivity index (χ0v) is 23.2. The lowest BCUT2D eigenvalue weighted by molar-refractivity contribution is -0.131. The molecule has 0 spiro atoms. The van der Waals surface area contributed by atoms with Gasteiger partial charge in [0.2, 0.25) is 5.91 Å². The van der Waals surface area contributed by atoms with E-state index in [-0.39, 0.29) is 36.0 Å². The number of aromatic nitrogens is 4. The van der Waals surface area contributed by atoms with Crippen molar-refractivity contribution in [1.29, 1.82) is 0 Å². The van der Waals surface area contributed by atoms with Crippen LogP contribution in [0.1, 0.15) is 56.6 Å². The topological polar surface area (TPSA) is 106 Å². The molecule has 0 bridgehead atoms. The number of hydrogen-bond acceptors (Lipinski definition) is 6. The van der Waals surface area contributed by atoms with E-state index in [9.17, 15) is 9.59 Å². The van der Waals surface area contributed by atoms with Crippen LogP contribution < -0.4 is 5.46 Å². The largest absolute Gasteiger partial charge is 0.495 e. The van der Waals surface area contributed by atoms with E-state index in [1.54, 1.807) is 48.2 Å². The van der Waals surface area contributed by atoms with Crippen LogP contribution in [-0.2, 0) is 20.6 Å². The van der Waals surface area contributed by atoms with Crippen molar-refractivity contribution >= 4 is 40.9 Å². The summed E-state index contributed by atoms with van der Waals surface area (Å²) in [6.45, 7) is 9.08. The van der Waals surface area contributed by atoms with Crippen LogP contribution in [0.3, 0.4) is 0 Å². The van der Waals surface area contributed by atoms with Crippen LogP contribution in [-0.4, -0.2) is 87.1 Å². The minimum atomic E-state index is -0.764. The lowest BCUT2D eigenvalue weighted by Crippen LogP contribution is -2.41. The number of aromatic amines is 1. The van der Waals surface area contributed by atoms with E-state index in [1.165, 1.54) is 4.90 Å². The normalized spacial score (nSPS) is 18.5. The Morgan fingerprint density at radius 3 is 2.54 bits per heavy atom. The van der Waals surface area contributed by atoms with E-state index < -0.39 is 24.1 Å². The van der Waals surface area contributed by atoms with E-state index >= 15 is 4.39 Å². The second-order valence-electron chi connectivity index (χ2n) is 11.3. The Labute approximate surface area is 227 Å². The summed E-state index contributed by atoms with van der Waals surface area (Å²) in [5.74, 6) is -0.790. The van der Waals surface area contributed by atoms with Gasteiger partial charge in [-0.3, -0.25) is 14.3 Å². The Hall–Kier alpha value is -3.51. The molecule has 0 radical (unpaired) electrons. The summed E-state index contributed by atoms with van der Waals surface area (Å²) >= 11 is 0. The number of fused-ring (bicyclic) bond motifs is 1. The van der Waals surface area contributed by atoms with Crippen molar-refractivity contribution in [3.63, 3.8) is 0 Å². The van der Waals surface area contributed by atoms with Crippen LogP contribution in [0.4, 0.5) is 4.39 Å². The average Bonchev–Trinajstić information content (AvgIpc) is 3.61. The Morgan fingerprint density at radius 2 is 1.90 bits per heavy atom. The van der Waals surface area contributed by atoms with Gasteiger partial charge in [-0.1, -0.05) is 17.4 Å². The first-order valence-corrected chi connectivity index (χ1v) is 13.1. The summed E-state index contributed by atoms with van der Waals surface area (Å²) in [6, 6.07) is 3.40. The maximum absolute atomic E-state index is 16.2. The molecule has 10 nitrogen and oxygen atoms in total. The molecule has 39 heavy (non-hydrogen) atoms. The third-order valence-corrected chi connectivity index (χ3v) is 7.90. The first-order valence-electron chi connectivity index (χ1n) is 13.1. The van der Waals surface area contributed by atoms with Crippen molar-refractivity contribution in [2.45, 2.75) is 58.3 Å². The molecule has 206 valence electrons. The van der Waals surface area contributed by atoms with Crippen molar-refractivity contribution in [2.24, 2.45) is 0 Å². The number of carbonyl (C=O) groups is 2. The Kier molecular flexibility index (Phi) is 6.88. The van der Waals surface area contributed by atoms with Crippen LogP contribution in [0.2, 0.25) is 0 Å². The molecule has 5 rings (SSSR count). The molecule has 2 aliphatic heterocycles. The fourth-order valence-corrected chi connectivity index (χ4v) is 4.91. The van der Waals surface area contributed by atoms with E-state index in [0.29, 0.717) is 41.5 Å². The quantitative estimate of drug-likeness (QED) is 0.486. The number of aryl methyl sites for hydroxylation is 1. The van der Waals surface area contributed by atoms with Crippen LogP contribution in [0.25, 0.3) is 16.5 Å². The van der Waals surface area contributed by atoms with Crippen molar-refractivity contribution < 1.29 is 23.3 Å². The number of benzene rings is 1. The lowest BCUT2D eigenvalue weighted by Gasteiger charge is -2.32. The highest BCUT2D eigenvalue weighted by Gasteiger charge is 2.52. The molecule has 2 aliphatic rings. The van der Waals surface area contributed by atoms with Gasteiger partial charge in [-0.25, -0.2) is 4.39 Å². The number of carbonyl (C=O) groups excluding carboxylic acids is 2. The van der Waals surface area contributed by atoms with Crippen LogP contribution in [0.5, 0.6) is 0 Å². The summed E-state index contributed by atoms with van der Waals surface area (Å²) in [7, 11) is 2.53. The second kappa shape index (κ2) is 9.91. The number of rotatable bonds is 6. The lowest BCUT2D eigenvalue weighted by atomic mass is 9.75. The molecule has 0 unspecified atom stereocenters. The summed E-state index contributed by atoms with van der Waals surface area (Å²) < 4.78 is 30.4. The molecule has 4 heterocycles. The van der Waals surface area contributed by atoms with E-state index in [0.717, 1.165) is 0 Å². The number of nitrogens with one attached hydrogen (secondary N) is 1. The van der Waals surface area contributed by atoms with Gasteiger partial charge in [0.25, 0.3) is 5.91 Å². The maximum atomic E-state index is 16.2. The first kappa shape index (κ1) is 27.1. The monoisotopic (exact) mass is 536 g/mol. The molecule has 0 saturated carbocycles. The van der Waals surface area contributed by atoms with Crippen LogP contribution in [0.15, 0.2) is 30.6 Å². The summed E-state index contributed by atoms with van der Waals surface area (Å²) in [5, 5.41) is 8.21. The molecule has 1 saturated heterocycles. The minimum absolute atomic E-state index is 0.0393. The highest BCUT2D eigenvalue weighted by molar-refractivity contribution is 6.65. The van der Waals surface area contributed by atoms with Gasteiger partial charge in [0, 0.05) is 50.8 Å². The molecule has 12 heteroatoms. The first-order chi connectivity index (χ1) is 18.4. The summed E-state index contributed by atoms with van der Waals surface area (Å²) in [4.78, 5) is 31.9. The standard InChI is InChI=1S/C27H34BFN6O4/c1-26(2)27(3,4)39-28(38-26)20-14-18(23(29)24-19(20)15-21(31-24)25(37)33(5)6)17-8-7-11-34(16-17)22(36)9-12-35-13-10-30-32-35/h8,10,13-15,31H,7,9,11-12,16H2,1-6H3. The smallest absolute Gasteiger partial charge is 0.399 e. The van der Waals surface area contributed by atoms with Gasteiger partial charge in [0.1, 0.15) is 5.69 Å². The van der Waals surface area contributed by atoms with Gasteiger partial charge < -0.3 is 24.1 Å². The summed E-state index contributed by atoms with van der Waals surface area (Å²) in [6.07, 6.45) is 6.12. The Bertz CT molecular complexity index is 1430. The highest BCUT2D eigenvalue weighted by atomic mass is 19.1. The number of H-pyrrole nitrogens is 1. The van der Waals surface area contributed by atoms with Crippen LogP contribution >= 0.6 is 0 Å². The predicted molar refractivity (Wildman–Crippen MR) is 146 cm³/mol. The SMILES string of the molecule is CN(C)C(=O)c1cc2c(B3OC(C)(C)C(C)(C)O3)cc(C3=CCCN(C(=O)CCn4ccnn4)C3)c(F)c2[nH]1. The van der Waals surface area contributed by atoms with Crippen molar-refractivity contribution in [1.82, 2.24) is 29.8 Å². The Morgan fingerprint density at radius 1 is 1.18 bits per heavy atom. The van der Waals surface area contributed by atoms with Gasteiger partial charge in [-0.15, -0.1) is 5.10 Å². The van der Waals surface area contributed by atoms with Crippen molar-refractivity contribution in [3.8, 4) is 0 Å². The van der Waals surface area contributed by atoms with Gasteiger partial charge in [0.15, 0.2) is 5.82 Å². The van der Waals surface area contributed by atoms with E-state index in [2.05, 4.69) is 15.3 Å². The van der Waals surface area contributed by atoms with Gasteiger partial charge in [0.05, 0.1) is 29.5 Å². The molecule has 0 atom stereocenters. The highest BCUT2D eigenvalue weighted by Crippen LogP contribution is 2.38. The fourth-order valence-electron chi connectivity index (χ4n) is 4.91. The number of nitrogens with zero attached hydrogens (tertiary/aromatic N) is 5. The van der Waals surface area contributed by atoms with E-state index in [1.807, 2.05) is 33.8 Å². The van der Waals surface area contributed by atoms with Crippen molar-refractivity contribution in [2.75, 3.05) is 27.2 Å². The molecular formula is C27H34BFN6O4. The number of amides is 2. The third-order valence-electron chi connectivity index (χ3n) is 7.90. The molecule has 1 N–H and O–H groups in total. The van der Waals surface area contributed by atoms with E-state index in [4.69, 9.17) is 9.31 Å². The Balaban J connectivity index is 1.52. The maximum Gasteiger partial charge on any atom is 0.495 e. The van der Waals surface area contributed by atoms with Crippen LogP contribution in [0, 0.1) is 5.82 Å². The zero-order chi connectivity index (χ0) is 28.1. The molecule has 2 amide bonds. The number of halogens is 1. The molecule has 1 aromatic carbocycles. The predicted octanol–water partition coefficient (Wildman–Crippen LogP) is 2.61. The molecule has 1 fully saturated rings. The minimum Gasteiger partial charge on any atom is -0.399 e. The fraction of sp³-hybridized carbons (Fsp3) is 0.481. The van der Waals surface area contributed by atoms with Gasteiger partial charge in [-0.05, 0) is 51.2 Å². The number of hydrogen-bond donors (Lipinski definition) is 1. The average molecular weight is 536 g/mol. The summed E-state index contributed by atoms with van der Waals surface area (Å²) in [5.41, 5.74) is 0.951. The molecule has 0 aliphatic carbocycles. The molecule has 3 aromatic rings. The third kappa shape index (κ3) is 4.98. The zero-order valence-electron chi connectivity index (χ0n) is 23.2. The molecular weight excluding hydrogens is 502 g/mol. The second-order valence-corrected chi connectivity index (χ2v) is 11.3. The van der Waals surface area contributed by atoms with Gasteiger partial charge >= 0.3 is 7.12 Å². The van der Waals surface area contributed by atoms with Gasteiger partial charge in [-0.2, -0.15) is 0 Å². The molecule has 2 aromatic heterocycles.